The second-order valence-electron chi connectivity index (χ2n) is 5.23. The maximum absolute atomic E-state index is 12.5. The van der Waals surface area contributed by atoms with Crippen LogP contribution in [0, 0.1) is 0 Å². The van der Waals surface area contributed by atoms with Crippen LogP contribution >= 0.6 is 0 Å². The molecule has 0 saturated carbocycles. The molecule has 0 radical (unpaired) electrons. The minimum absolute atomic E-state index is 0.0101. The van der Waals surface area contributed by atoms with E-state index in [0.29, 0.717) is 36.5 Å². The molecule has 0 amide bonds. The Hall–Kier alpha value is -1.89. The summed E-state index contributed by atoms with van der Waals surface area (Å²) in [5.74, 6) is 0.706. The summed E-state index contributed by atoms with van der Waals surface area (Å²) in [7, 11) is 0. The van der Waals surface area contributed by atoms with Crippen LogP contribution in [-0.4, -0.2) is 25.6 Å². The van der Waals surface area contributed by atoms with Crippen molar-refractivity contribution >= 4 is 11.2 Å². The first-order valence-electron chi connectivity index (χ1n) is 7.49. The highest BCUT2D eigenvalue weighted by atomic mass is 16.2. The first-order valence-corrected chi connectivity index (χ1v) is 7.49. The van der Waals surface area contributed by atoms with E-state index in [9.17, 15) is 9.59 Å². The van der Waals surface area contributed by atoms with E-state index >= 15 is 0 Å². The van der Waals surface area contributed by atoms with Crippen LogP contribution in [0.2, 0.25) is 0 Å². The van der Waals surface area contributed by atoms with Gasteiger partial charge in [-0.15, -0.1) is 0 Å². The molecular formula is C14H23N5O2. The van der Waals surface area contributed by atoms with Crippen molar-refractivity contribution < 1.29 is 0 Å². The van der Waals surface area contributed by atoms with E-state index in [1.807, 2.05) is 13.8 Å². The van der Waals surface area contributed by atoms with Crippen molar-refractivity contribution in [3.63, 3.8) is 0 Å². The number of nitrogens with zero attached hydrogens (tertiary/aromatic N) is 3. The monoisotopic (exact) mass is 293 g/mol. The maximum Gasteiger partial charge on any atom is 0.332 e. The van der Waals surface area contributed by atoms with Gasteiger partial charge in [0, 0.05) is 19.0 Å². The molecule has 7 heteroatoms. The van der Waals surface area contributed by atoms with E-state index in [4.69, 9.17) is 5.73 Å². The number of imidazole rings is 1. The number of hydrogen-bond donors (Lipinski definition) is 2. The lowest BCUT2D eigenvalue weighted by Gasteiger charge is -2.15. The number of fused-ring (bicyclic) bond motifs is 1. The van der Waals surface area contributed by atoms with Crippen LogP contribution in [0.1, 0.15) is 45.5 Å². The molecule has 0 aliphatic rings. The molecule has 2 heterocycles. The van der Waals surface area contributed by atoms with E-state index in [1.54, 1.807) is 11.5 Å². The number of aryl methyl sites for hydroxylation is 1. The summed E-state index contributed by atoms with van der Waals surface area (Å²) >= 11 is 0. The Morgan fingerprint density at radius 3 is 2.62 bits per heavy atom. The maximum atomic E-state index is 12.5. The van der Waals surface area contributed by atoms with Crippen LogP contribution in [-0.2, 0) is 13.0 Å². The minimum Gasteiger partial charge on any atom is -0.336 e. The topological polar surface area (TPSA) is 98.7 Å². The van der Waals surface area contributed by atoms with Gasteiger partial charge in [0.15, 0.2) is 5.65 Å². The smallest absolute Gasteiger partial charge is 0.332 e. The van der Waals surface area contributed by atoms with Gasteiger partial charge in [0.25, 0.3) is 5.56 Å². The predicted octanol–water partition coefficient (Wildman–Crippen LogP) is 0.769. The number of nitrogens with one attached hydrogen (secondary N) is 1. The van der Waals surface area contributed by atoms with Crippen molar-refractivity contribution in [2.45, 2.75) is 52.6 Å². The van der Waals surface area contributed by atoms with Crippen LogP contribution < -0.4 is 17.0 Å². The summed E-state index contributed by atoms with van der Waals surface area (Å²) in [6.45, 7) is 6.67. The van der Waals surface area contributed by atoms with Crippen molar-refractivity contribution in [3.05, 3.63) is 26.7 Å². The van der Waals surface area contributed by atoms with Crippen molar-refractivity contribution in [2.24, 2.45) is 5.73 Å². The molecule has 2 aromatic rings. The van der Waals surface area contributed by atoms with Crippen molar-refractivity contribution in [3.8, 4) is 0 Å². The zero-order chi connectivity index (χ0) is 15.6. The Bertz CT molecular complexity index is 740. The second-order valence-corrected chi connectivity index (χ2v) is 5.23. The Morgan fingerprint density at radius 2 is 2.05 bits per heavy atom. The van der Waals surface area contributed by atoms with Gasteiger partial charge < -0.3 is 10.7 Å². The third kappa shape index (κ3) is 2.65. The highest BCUT2D eigenvalue weighted by Crippen LogP contribution is 2.14. The fourth-order valence-corrected chi connectivity index (χ4v) is 2.42. The average Bonchev–Trinajstić information content (AvgIpc) is 2.89. The van der Waals surface area contributed by atoms with Gasteiger partial charge in [0.05, 0.1) is 0 Å². The molecule has 0 aliphatic heterocycles. The SMILES string of the molecule is CCC(C)n1c(=O)n(CC)c(=O)c2[nH]c(CCCN)nc21. The summed E-state index contributed by atoms with van der Waals surface area (Å²) in [5, 5.41) is 0. The summed E-state index contributed by atoms with van der Waals surface area (Å²) in [6.07, 6.45) is 2.25. The lowest BCUT2D eigenvalue weighted by molar-refractivity contribution is 0.489. The molecule has 1 unspecified atom stereocenters. The zero-order valence-corrected chi connectivity index (χ0v) is 12.8. The van der Waals surface area contributed by atoms with Gasteiger partial charge >= 0.3 is 5.69 Å². The predicted molar refractivity (Wildman–Crippen MR) is 82.7 cm³/mol. The van der Waals surface area contributed by atoms with Gasteiger partial charge in [-0.1, -0.05) is 6.92 Å². The normalized spacial score (nSPS) is 13.0. The summed E-state index contributed by atoms with van der Waals surface area (Å²) in [6, 6.07) is -0.0101. The van der Waals surface area contributed by atoms with E-state index in [0.717, 1.165) is 12.8 Å². The molecule has 0 saturated heterocycles. The number of rotatable bonds is 6. The Kier molecular flexibility index (Phi) is 4.62. The fourth-order valence-electron chi connectivity index (χ4n) is 2.42. The lowest BCUT2D eigenvalue weighted by Crippen LogP contribution is -2.40. The van der Waals surface area contributed by atoms with Crippen molar-refractivity contribution in [2.75, 3.05) is 6.54 Å². The molecule has 116 valence electrons. The highest BCUT2D eigenvalue weighted by molar-refractivity contribution is 5.70. The minimum atomic E-state index is -0.302. The Labute approximate surface area is 122 Å². The standard InChI is InChI=1S/C14H23N5O2/c1-4-9(3)19-12-11(13(20)18(5-2)14(19)21)16-10(17-12)7-6-8-15/h9H,4-8,15H2,1-3H3,(H,16,17). The van der Waals surface area contributed by atoms with Crippen LogP contribution in [0.4, 0.5) is 0 Å². The zero-order valence-electron chi connectivity index (χ0n) is 12.8. The highest BCUT2D eigenvalue weighted by Gasteiger charge is 2.19. The number of nitrogens with two attached hydrogens (primary N) is 1. The molecule has 0 aliphatic carbocycles. The summed E-state index contributed by atoms with van der Waals surface area (Å²) < 4.78 is 2.86. The van der Waals surface area contributed by atoms with Gasteiger partial charge in [-0.2, -0.15) is 0 Å². The molecule has 1 atom stereocenters. The van der Waals surface area contributed by atoms with Gasteiger partial charge in [-0.25, -0.2) is 9.78 Å². The van der Waals surface area contributed by atoms with Crippen molar-refractivity contribution in [1.29, 1.82) is 0 Å². The molecule has 0 spiro atoms. The largest absolute Gasteiger partial charge is 0.336 e. The number of hydrogen-bond acceptors (Lipinski definition) is 4. The number of aromatic nitrogens is 4. The molecule has 3 N–H and O–H groups in total. The third-order valence-electron chi connectivity index (χ3n) is 3.82. The molecule has 0 aromatic carbocycles. The Morgan fingerprint density at radius 1 is 1.33 bits per heavy atom. The molecule has 21 heavy (non-hydrogen) atoms. The van der Waals surface area contributed by atoms with Crippen LogP contribution in [0.25, 0.3) is 11.2 Å². The number of aromatic amines is 1. The molecule has 0 bridgehead atoms. The van der Waals surface area contributed by atoms with Gasteiger partial charge in [-0.3, -0.25) is 13.9 Å². The number of H-pyrrole nitrogens is 1. The van der Waals surface area contributed by atoms with E-state index in [2.05, 4.69) is 9.97 Å². The first kappa shape index (κ1) is 15.5. The fraction of sp³-hybridized carbons (Fsp3) is 0.643. The van der Waals surface area contributed by atoms with E-state index in [-0.39, 0.29) is 17.3 Å². The summed E-state index contributed by atoms with van der Waals surface area (Å²) in [5.41, 5.74) is 5.78. The van der Waals surface area contributed by atoms with Gasteiger partial charge in [0.2, 0.25) is 0 Å². The molecule has 0 fully saturated rings. The molecular weight excluding hydrogens is 270 g/mol. The quantitative estimate of drug-likeness (QED) is 0.821. The molecule has 2 aromatic heterocycles. The lowest BCUT2D eigenvalue weighted by atomic mass is 10.2. The summed E-state index contributed by atoms with van der Waals surface area (Å²) in [4.78, 5) is 32.4. The average molecular weight is 293 g/mol. The third-order valence-corrected chi connectivity index (χ3v) is 3.82. The molecule has 2 rings (SSSR count). The van der Waals surface area contributed by atoms with Crippen molar-refractivity contribution in [1.82, 2.24) is 19.1 Å². The van der Waals surface area contributed by atoms with Crippen LogP contribution in [0.15, 0.2) is 9.59 Å². The first-order chi connectivity index (χ1) is 10.0. The van der Waals surface area contributed by atoms with E-state index in [1.165, 1.54) is 4.57 Å². The van der Waals surface area contributed by atoms with Crippen LogP contribution in [0.5, 0.6) is 0 Å². The molecule has 7 nitrogen and oxygen atoms in total. The van der Waals surface area contributed by atoms with Gasteiger partial charge in [-0.05, 0) is 33.2 Å². The second kappa shape index (κ2) is 6.26. The van der Waals surface area contributed by atoms with E-state index < -0.39 is 0 Å². The van der Waals surface area contributed by atoms with Crippen LogP contribution in [0.3, 0.4) is 0 Å². The Balaban J connectivity index is 2.76. The van der Waals surface area contributed by atoms with Gasteiger partial charge in [0.1, 0.15) is 11.3 Å².